The van der Waals surface area contributed by atoms with Gasteiger partial charge in [0.1, 0.15) is 0 Å². The second kappa shape index (κ2) is 6.04. The second-order valence-corrected chi connectivity index (χ2v) is 7.30. The number of carbonyl (C=O) groups is 1. The molecule has 0 atom stereocenters. The first-order valence-corrected chi connectivity index (χ1v) is 9.32. The molecule has 0 spiro atoms. The second-order valence-electron chi connectivity index (χ2n) is 6.27. The van der Waals surface area contributed by atoms with E-state index >= 15 is 0 Å². The smallest absolute Gasteiger partial charge is 0.287 e. The standard InChI is InChI=1S/C21H15N3OS/c25-21(20-23-17-3-1-2-4-19(17)26-20)24-12-9-16-13-15(5-6-18(16)24)14-7-10-22-11-8-14/h1-8,10-11,13H,9,12H2. The van der Waals surface area contributed by atoms with E-state index in [0.717, 1.165) is 33.5 Å². The number of hydrogen-bond donors (Lipinski definition) is 0. The minimum atomic E-state index is -0.0124. The number of pyridine rings is 1. The number of anilines is 1. The van der Waals surface area contributed by atoms with Crippen LogP contribution in [0.1, 0.15) is 15.4 Å². The summed E-state index contributed by atoms with van der Waals surface area (Å²) in [5, 5.41) is 0.553. The number of benzene rings is 2. The maximum Gasteiger partial charge on any atom is 0.287 e. The van der Waals surface area contributed by atoms with Crippen molar-refractivity contribution in [2.75, 3.05) is 11.4 Å². The highest BCUT2D eigenvalue weighted by molar-refractivity contribution is 7.20. The molecule has 4 nitrogen and oxygen atoms in total. The minimum absolute atomic E-state index is 0.0124. The maximum atomic E-state index is 13.0. The van der Waals surface area contributed by atoms with Crippen molar-refractivity contribution in [3.8, 4) is 11.1 Å². The number of thiazole rings is 1. The highest BCUT2D eigenvalue weighted by Gasteiger charge is 2.27. The minimum Gasteiger partial charge on any atom is -0.306 e. The fraction of sp³-hybridized carbons (Fsp3) is 0.0952. The van der Waals surface area contributed by atoms with Gasteiger partial charge in [0.05, 0.1) is 10.2 Å². The first-order chi connectivity index (χ1) is 12.8. The average molecular weight is 357 g/mol. The molecule has 0 fully saturated rings. The summed E-state index contributed by atoms with van der Waals surface area (Å²) >= 11 is 1.46. The lowest BCUT2D eigenvalue weighted by atomic mass is 10.0. The molecular weight excluding hydrogens is 342 g/mol. The Morgan fingerprint density at radius 1 is 1.00 bits per heavy atom. The van der Waals surface area contributed by atoms with Crippen LogP contribution in [0.15, 0.2) is 67.0 Å². The quantitative estimate of drug-likeness (QED) is 0.528. The van der Waals surface area contributed by atoms with Crippen molar-refractivity contribution < 1.29 is 4.79 Å². The molecule has 126 valence electrons. The van der Waals surface area contributed by atoms with E-state index in [-0.39, 0.29) is 5.91 Å². The number of fused-ring (bicyclic) bond motifs is 2. The summed E-state index contributed by atoms with van der Waals surface area (Å²) in [7, 11) is 0. The monoisotopic (exact) mass is 357 g/mol. The van der Waals surface area contributed by atoms with Crippen molar-refractivity contribution in [2.24, 2.45) is 0 Å². The molecule has 1 aliphatic heterocycles. The Morgan fingerprint density at radius 3 is 2.69 bits per heavy atom. The molecular formula is C21H15N3OS. The van der Waals surface area contributed by atoms with Crippen LogP contribution >= 0.6 is 11.3 Å². The van der Waals surface area contributed by atoms with Crippen LogP contribution in [0.3, 0.4) is 0 Å². The van der Waals surface area contributed by atoms with Crippen molar-refractivity contribution >= 4 is 33.1 Å². The molecule has 0 bridgehead atoms. The van der Waals surface area contributed by atoms with Crippen molar-refractivity contribution in [1.82, 2.24) is 9.97 Å². The largest absolute Gasteiger partial charge is 0.306 e. The predicted molar refractivity (Wildman–Crippen MR) is 105 cm³/mol. The molecule has 0 saturated carbocycles. The lowest BCUT2D eigenvalue weighted by Gasteiger charge is -2.16. The zero-order chi connectivity index (χ0) is 17.5. The molecule has 3 heterocycles. The van der Waals surface area contributed by atoms with Crippen LogP contribution in [0.4, 0.5) is 5.69 Å². The fourth-order valence-electron chi connectivity index (χ4n) is 3.42. The first kappa shape index (κ1) is 15.2. The van der Waals surface area contributed by atoms with Gasteiger partial charge in [-0.05, 0) is 59.5 Å². The van der Waals surface area contributed by atoms with Gasteiger partial charge in [0.25, 0.3) is 5.91 Å². The fourth-order valence-corrected chi connectivity index (χ4v) is 4.33. The predicted octanol–water partition coefficient (Wildman–Crippen LogP) is 4.56. The molecule has 1 aliphatic rings. The van der Waals surface area contributed by atoms with E-state index in [1.165, 1.54) is 16.9 Å². The number of para-hydroxylation sites is 1. The number of aromatic nitrogens is 2. The van der Waals surface area contributed by atoms with Crippen molar-refractivity contribution in [3.05, 3.63) is 77.6 Å². The van der Waals surface area contributed by atoms with Crippen LogP contribution in [-0.2, 0) is 6.42 Å². The van der Waals surface area contributed by atoms with Crippen LogP contribution in [-0.4, -0.2) is 22.4 Å². The Labute approximate surface area is 154 Å². The van der Waals surface area contributed by atoms with Gasteiger partial charge in [-0.2, -0.15) is 0 Å². The molecule has 26 heavy (non-hydrogen) atoms. The molecule has 2 aromatic heterocycles. The summed E-state index contributed by atoms with van der Waals surface area (Å²) in [5.41, 5.74) is 5.37. The summed E-state index contributed by atoms with van der Waals surface area (Å²) < 4.78 is 1.04. The number of rotatable bonds is 2. The Morgan fingerprint density at radius 2 is 1.85 bits per heavy atom. The van der Waals surface area contributed by atoms with E-state index in [2.05, 4.69) is 22.1 Å². The van der Waals surface area contributed by atoms with Gasteiger partial charge in [-0.25, -0.2) is 4.98 Å². The Kier molecular flexibility index (Phi) is 3.53. The molecule has 0 N–H and O–H groups in total. The lowest BCUT2D eigenvalue weighted by molar-refractivity contribution is 0.0989. The van der Waals surface area contributed by atoms with Crippen molar-refractivity contribution in [1.29, 1.82) is 0 Å². The van der Waals surface area contributed by atoms with E-state index in [1.807, 2.05) is 47.4 Å². The molecule has 2 aromatic carbocycles. The van der Waals surface area contributed by atoms with Gasteiger partial charge in [-0.15, -0.1) is 11.3 Å². The van der Waals surface area contributed by atoms with Gasteiger partial charge in [0.2, 0.25) is 0 Å². The number of carbonyl (C=O) groups excluding carboxylic acids is 1. The molecule has 5 rings (SSSR count). The van der Waals surface area contributed by atoms with E-state index in [4.69, 9.17) is 0 Å². The molecule has 5 heteroatoms. The van der Waals surface area contributed by atoms with Crippen LogP contribution in [0, 0.1) is 0 Å². The van der Waals surface area contributed by atoms with Gasteiger partial charge in [-0.3, -0.25) is 9.78 Å². The van der Waals surface area contributed by atoms with Crippen molar-refractivity contribution in [2.45, 2.75) is 6.42 Å². The third kappa shape index (κ3) is 2.48. The Bertz CT molecular complexity index is 1090. The first-order valence-electron chi connectivity index (χ1n) is 8.50. The van der Waals surface area contributed by atoms with Gasteiger partial charge in [-0.1, -0.05) is 18.2 Å². The van der Waals surface area contributed by atoms with Gasteiger partial charge >= 0.3 is 0 Å². The summed E-state index contributed by atoms with van der Waals surface area (Å²) in [6.07, 6.45) is 4.46. The van der Waals surface area contributed by atoms with Crippen LogP contribution in [0.2, 0.25) is 0 Å². The third-order valence-electron chi connectivity index (χ3n) is 4.71. The Balaban J connectivity index is 1.49. The van der Waals surface area contributed by atoms with E-state index < -0.39 is 0 Å². The summed E-state index contributed by atoms with van der Waals surface area (Å²) in [4.78, 5) is 23.4. The summed E-state index contributed by atoms with van der Waals surface area (Å²) in [6, 6.07) is 18.2. The average Bonchev–Trinajstić information content (AvgIpc) is 3.31. The normalized spacial score (nSPS) is 13.2. The SMILES string of the molecule is O=C(c1nc2ccccc2s1)N1CCc2cc(-c3ccncc3)ccc21. The van der Waals surface area contributed by atoms with Gasteiger partial charge in [0.15, 0.2) is 5.01 Å². The van der Waals surface area contributed by atoms with E-state index in [0.29, 0.717) is 11.6 Å². The van der Waals surface area contributed by atoms with Crippen molar-refractivity contribution in [3.63, 3.8) is 0 Å². The molecule has 0 aliphatic carbocycles. The number of amides is 1. The molecule has 4 aromatic rings. The van der Waals surface area contributed by atoms with Gasteiger partial charge in [0, 0.05) is 24.6 Å². The molecule has 0 radical (unpaired) electrons. The van der Waals surface area contributed by atoms with Crippen LogP contribution < -0.4 is 4.90 Å². The zero-order valence-electron chi connectivity index (χ0n) is 13.9. The summed E-state index contributed by atoms with van der Waals surface area (Å²) in [5.74, 6) is -0.0124. The maximum absolute atomic E-state index is 13.0. The highest BCUT2D eigenvalue weighted by atomic mass is 32.1. The van der Waals surface area contributed by atoms with Crippen LogP contribution in [0.5, 0.6) is 0 Å². The summed E-state index contributed by atoms with van der Waals surface area (Å²) in [6.45, 7) is 0.698. The lowest BCUT2D eigenvalue weighted by Crippen LogP contribution is -2.28. The highest BCUT2D eigenvalue weighted by Crippen LogP contribution is 2.34. The van der Waals surface area contributed by atoms with E-state index in [9.17, 15) is 4.79 Å². The third-order valence-corrected chi connectivity index (χ3v) is 5.74. The Hall–Kier alpha value is -3.05. The zero-order valence-corrected chi connectivity index (χ0v) is 14.7. The molecule has 0 saturated heterocycles. The van der Waals surface area contributed by atoms with Crippen LogP contribution in [0.25, 0.3) is 21.3 Å². The van der Waals surface area contributed by atoms with Gasteiger partial charge < -0.3 is 4.90 Å². The topological polar surface area (TPSA) is 46.1 Å². The number of nitrogens with zero attached hydrogens (tertiary/aromatic N) is 3. The number of hydrogen-bond acceptors (Lipinski definition) is 4. The van der Waals surface area contributed by atoms with E-state index in [1.54, 1.807) is 12.4 Å². The molecule has 1 amide bonds. The molecule has 0 unspecified atom stereocenters.